The zero-order chi connectivity index (χ0) is 44.6. The van der Waals surface area contributed by atoms with Crippen LogP contribution in [0.3, 0.4) is 0 Å². The Hall–Kier alpha value is -5.12. The fourth-order valence-corrected chi connectivity index (χ4v) is 8.32. The van der Waals surface area contributed by atoms with Gasteiger partial charge in [-0.1, -0.05) is 157 Å². The largest absolute Gasteiger partial charge is 0.509 e. The Balaban J connectivity index is 0.00000595. The van der Waals surface area contributed by atoms with Gasteiger partial charge in [0.05, 0.1) is 0 Å². The maximum Gasteiger partial charge on any atom is 0.135 e. The third kappa shape index (κ3) is 9.14. The van der Waals surface area contributed by atoms with E-state index < -0.39 is 0 Å². The molecular formula is C57H63N4OPt-3. The van der Waals surface area contributed by atoms with Crippen LogP contribution in [0.4, 0.5) is 11.4 Å². The summed E-state index contributed by atoms with van der Waals surface area (Å²) in [6, 6.07) is 46.7. The van der Waals surface area contributed by atoms with Crippen molar-refractivity contribution in [3.63, 3.8) is 0 Å². The van der Waals surface area contributed by atoms with E-state index in [0.29, 0.717) is 11.5 Å². The monoisotopic (exact) mass is 1010 g/mol. The first-order valence-electron chi connectivity index (χ1n) is 22.0. The molecule has 63 heavy (non-hydrogen) atoms. The molecule has 0 radical (unpaired) electrons. The number of hydrogen-bond acceptors (Lipinski definition) is 4. The summed E-state index contributed by atoms with van der Waals surface area (Å²) in [6.07, 6.45) is 4.20. The smallest absolute Gasteiger partial charge is 0.135 e. The molecule has 0 amide bonds. The van der Waals surface area contributed by atoms with Crippen LogP contribution in [0.25, 0.3) is 27.6 Å². The van der Waals surface area contributed by atoms with E-state index >= 15 is 0 Å². The van der Waals surface area contributed by atoms with Crippen molar-refractivity contribution in [3.05, 3.63) is 174 Å². The molecule has 0 bridgehead atoms. The van der Waals surface area contributed by atoms with E-state index in [1.807, 2.05) is 12.3 Å². The van der Waals surface area contributed by atoms with Gasteiger partial charge in [-0.15, -0.1) is 53.6 Å². The Morgan fingerprint density at radius 3 is 1.84 bits per heavy atom. The summed E-state index contributed by atoms with van der Waals surface area (Å²) in [5.41, 5.74) is 10.9. The van der Waals surface area contributed by atoms with Crippen molar-refractivity contribution in [2.24, 2.45) is 5.41 Å². The average Bonchev–Trinajstić information content (AvgIpc) is 3.81. The molecular weight excluding hydrogens is 952 g/mol. The van der Waals surface area contributed by atoms with Crippen LogP contribution in [0.2, 0.25) is 0 Å². The zero-order valence-corrected chi connectivity index (χ0v) is 41.9. The zero-order valence-electron chi connectivity index (χ0n) is 39.6. The molecule has 1 aliphatic heterocycles. The molecule has 3 heterocycles. The minimum absolute atomic E-state index is 0. The summed E-state index contributed by atoms with van der Waals surface area (Å²) in [7, 11) is 0. The molecule has 0 saturated heterocycles. The number of anilines is 2. The van der Waals surface area contributed by atoms with Gasteiger partial charge in [0.2, 0.25) is 0 Å². The third-order valence-electron chi connectivity index (χ3n) is 12.4. The van der Waals surface area contributed by atoms with Crippen LogP contribution in [-0.4, -0.2) is 9.55 Å². The van der Waals surface area contributed by atoms with Gasteiger partial charge in [-0.2, -0.15) is 6.07 Å². The predicted molar refractivity (Wildman–Crippen MR) is 261 cm³/mol. The number of rotatable bonds is 7. The van der Waals surface area contributed by atoms with E-state index in [4.69, 9.17) is 9.72 Å². The van der Waals surface area contributed by atoms with Crippen LogP contribution < -0.4 is 14.5 Å². The maximum atomic E-state index is 6.85. The van der Waals surface area contributed by atoms with Gasteiger partial charge in [0.15, 0.2) is 0 Å². The predicted octanol–water partition coefficient (Wildman–Crippen LogP) is 15.1. The van der Waals surface area contributed by atoms with Crippen molar-refractivity contribution in [2.75, 3.05) is 9.80 Å². The second-order valence-corrected chi connectivity index (χ2v) is 21.7. The number of fused-ring (bicyclic) bond motifs is 3. The first-order chi connectivity index (χ1) is 29.0. The van der Waals surface area contributed by atoms with Crippen molar-refractivity contribution in [3.8, 4) is 17.3 Å². The molecule has 7 aromatic rings. The number of nitrogens with zero attached hydrogens (tertiary/aromatic N) is 4. The fourth-order valence-electron chi connectivity index (χ4n) is 8.32. The van der Waals surface area contributed by atoms with Gasteiger partial charge in [0, 0.05) is 66.5 Å². The van der Waals surface area contributed by atoms with E-state index in [-0.39, 0.29) is 48.1 Å². The summed E-state index contributed by atoms with van der Waals surface area (Å²) in [5.74, 6) is 2.12. The number of para-hydroxylation sites is 1. The molecule has 0 fully saturated rings. The molecule has 2 aromatic heterocycles. The van der Waals surface area contributed by atoms with Gasteiger partial charge in [0.25, 0.3) is 0 Å². The molecule has 330 valence electrons. The van der Waals surface area contributed by atoms with Crippen LogP contribution in [0.5, 0.6) is 11.5 Å². The Morgan fingerprint density at radius 2 is 1.17 bits per heavy atom. The van der Waals surface area contributed by atoms with E-state index in [1.54, 1.807) is 0 Å². The maximum absolute atomic E-state index is 6.85. The molecule has 0 aliphatic carbocycles. The van der Waals surface area contributed by atoms with Crippen molar-refractivity contribution in [2.45, 2.75) is 119 Å². The first-order valence-corrected chi connectivity index (χ1v) is 22.0. The van der Waals surface area contributed by atoms with Crippen LogP contribution in [-0.2, 0) is 42.7 Å². The summed E-state index contributed by atoms with van der Waals surface area (Å²) in [6.45, 7) is 34.1. The Labute approximate surface area is 391 Å². The molecule has 0 spiro atoms. The Kier molecular flexibility index (Phi) is 12.0. The summed E-state index contributed by atoms with van der Waals surface area (Å²) in [5, 5.41) is 2.25. The summed E-state index contributed by atoms with van der Waals surface area (Å²) >= 11 is 0. The third-order valence-corrected chi connectivity index (χ3v) is 12.4. The molecule has 5 nitrogen and oxygen atoms in total. The SMILES string of the molecule is CC(C)(C)C1=CN(c2cc(C(C)(C)C)cc(C(C)(C)c3ccccc3)c2)[CH-]N1c1[c-]c(Oc2[c-]c3c(cc2)c2ccccc2n3-c2cc(C(C)(C)C)ccn2)cc(C(C)(C)C)c1.[Pt]. The molecule has 8 rings (SSSR count). The normalized spacial score (nSPS) is 14.0. The second-order valence-electron chi connectivity index (χ2n) is 21.7. The number of pyridine rings is 1. The van der Waals surface area contributed by atoms with Crippen molar-refractivity contribution in [1.29, 1.82) is 0 Å². The van der Waals surface area contributed by atoms with E-state index in [1.165, 1.54) is 28.0 Å². The minimum Gasteiger partial charge on any atom is -0.509 e. The van der Waals surface area contributed by atoms with Crippen LogP contribution in [0.15, 0.2) is 127 Å². The van der Waals surface area contributed by atoms with Crippen LogP contribution in [0.1, 0.15) is 125 Å². The summed E-state index contributed by atoms with van der Waals surface area (Å²) < 4.78 is 9.06. The topological polar surface area (TPSA) is 33.5 Å². The Bertz CT molecular complexity index is 2820. The molecule has 0 N–H and O–H groups in total. The van der Waals surface area contributed by atoms with Crippen LogP contribution >= 0.6 is 0 Å². The van der Waals surface area contributed by atoms with Gasteiger partial charge in [-0.25, -0.2) is 4.98 Å². The molecule has 0 atom stereocenters. The van der Waals surface area contributed by atoms with E-state index in [2.05, 4.69) is 239 Å². The number of hydrogen-bond donors (Lipinski definition) is 0. The number of allylic oxidation sites excluding steroid dienone is 1. The van der Waals surface area contributed by atoms with Crippen LogP contribution in [0, 0.1) is 24.2 Å². The van der Waals surface area contributed by atoms with Gasteiger partial charge in [-0.05, 0) is 80.4 Å². The number of aromatic nitrogens is 2. The first kappa shape index (κ1) is 45.9. The van der Waals surface area contributed by atoms with Gasteiger partial charge in [0.1, 0.15) is 5.82 Å². The van der Waals surface area contributed by atoms with Gasteiger partial charge in [-0.3, -0.25) is 0 Å². The fraction of sp³-hybridized carbons (Fsp3) is 0.333. The van der Waals surface area contributed by atoms with Crippen molar-refractivity contribution >= 4 is 33.2 Å². The standard InChI is InChI=1S/C57H63N4O.Pt/c1-53(2,3)39-26-27-58-52(33-39)61-49-23-19-18-22-47(49)48-25-24-45(35-50(48)61)62-46-32-41(55(7,8)9)30-44(34-46)60-37-59(36-51(60)56(10,11)12)43-29-40(54(4,5)6)28-42(31-43)57(13,14)38-20-16-15-17-21-38;/h15-33,36-37H,1-14H3;/q-3;. The Morgan fingerprint density at radius 1 is 0.540 bits per heavy atom. The quantitative estimate of drug-likeness (QED) is 0.149. The van der Waals surface area contributed by atoms with Crippen molar-refractivity contribution < 1.29 is 25.8 Å². The van der Waals surface area contributed by atoms with Gasteiger partial charge < -0.3 is 19.1 Å². The van der Waals surface area contributed by atoms with Crippen molar-refractivity contribution in [1.82, 2.24) is 9.55 Å². The van der Waals surface area contributed by atoms with Gasteiger partial charge >= 0.3 is 0 Å². The van der Waals surface area contributed by atoms with E-state index in [9.17, 15) is 0 Å². The molecule has 1 aliphatic rings. The minimum atomic E-state index is -0.199. The number of ether oxygens (including phenoxy) is 1. The molecule has 0 saturated carbocycles. The molecule has 5 aromatic carbocycles. The molecule has 6 heteroatoms. The van der Waals surface area contributed by atoms with E-state index in [0.717, 1.165) is 44.6 Å². The average molecular weight is 1020 g/mol. The summed E-state index contributed by atoms with van der Waals surface area (Å²) in [4.78, 5) is 9.47. The molecule has 0 unspecified atom stereocenters. The second kappa shape index (κ2) is 16.5. The number of benzene rings is 5.